The molecule has 20 heavy (non-hydrogen) atoms. The minimum absolute atomic E-state index is 0.0238. The van der Waals surface area contributed by atoms with Crippen LogP contribution in [0.25, 0.3) is 0 Å². The van der Waals surface area contributed by atoms with Crippen LogP contribution in [-0.4, -0.2) is 76.5 Å². The number of amides is 1. The van der Waals surface area contributed by atoms with Crippen molar-refractivity contribution in [2.75, 3.05) is 39.5 Å². The molecule has 0 aromatic carbocycles. The van der Waals surface area contributed by atoms with Gasteiger partial charge in [0.05, 0.1) is 26.4 Å². The SMILES string of the molecule is CC(C)(C)OC(=O)N1CC(CO)(CO)C(CO)(CO)C1. The number of carbonyl (C=O) groups excluding carboxylic acids is 1. The minimum Gasteiger partial charge on any atom is -0.444 e. The smallest absolute Gasteiger partial charge is 0.410 e. The topological polar surface area (TPSA) is 110 Å². The second-order valence-corrected chi connectivity index (χ2v) is 6.53. The summed E-state index contributed by atoms with van der Waals surface area (Å²) in [5, 5.41) is 38.3. The zero-order valence-electron chi connectivity index (χ0n) is 12.3. The average molecular weight is 291 g/mol. The summed E-state index contributed by atoms with van der Waals surface area (Å²) in [5.74, 6) is 0. The number of ether oxygens (including phenoxy) is 1. The zero-order valence-corrected chi connectivity index (χ0v) is 12.3. The van der Waals surface area contributed by atoms with E-state index in [4.69, 9.17) is 4.74 Å². The fourth-order valence-corrected chi connectivity index (χ4v) is 2.55. The Hall–Kier alpha value is -0.890. The lowest BCUT2D eigenvalue weighted by Crippen LogP contribution is -2.51. The van der Waals surface area contributed by atoms with E-state index < -0.39 is 49.0 Å². The Morgan fingerprint density at radius 1 is 1.00 bits per heavy atom. The summed E-state index contributed by atoms with van der Waals surface area (Å²) < 4.78 is 5.25. The number of aliphatic hydroxyl groups is 4. The highest BCUT2D eigenvalue weighted by Gasteiger charge is 2.58. The lowest BCUT2D eigenvalue weighted by atomic mass is 9.67. The molecule has 118 valence electrons. The Bertz CT molecular complexity index is 323. The molecule has 0 aromatic rings. The quantitative estimate of drug-likeness (QED) is 0.538. The Balaban J connectivity index is 2.99. The molecule has 1 aliphatic heterocycles. The zero-order chi connectivity index (χ0) is 15.6. The van der Waals surface area contributed by atoms with E-state index in [1.54, 1.807) is 20.8 Å². The molecule has 1 amide bonds. The molecule has 0 radical (unpaired) electrons. The van der Waals surface area contributed by atoms with Gasteiger partial charge >= 0.3 is 6.09 Å². The molecule has 0 aromatic heterocycles. The molecule has 1 aliphatic rings. The fourth-order valence-electron chi connectivity index (χ4n) is 2.55. The fraction of sp³-hybridized carbons (Fsp3) is 0.923. The molecule has 7 heteroatoms. The van der Waals surface area contributed by atoms with Gasteiger partial charge in [0.25, 0.3) is 0 Å². The predicted octanol–water partition coefficient (Wildman–Crippen LogP) is -0.821. The van der Waals surface area contributed by atoms with Crippen LogP contribution in [0.4, 0.5) is 4.79 Å². The van der Waals surface area contributed by atoms with Gasteiger partial charge in [0.15, 0.2) is 0 Å². The van der Waals surface area contributed by atoms with Gasteiger partial charge in [-0.1, -0.05) is 0 Å². The van der Waals surface area contributed by atoms with Gasteiger partial charge in [-0.2, -0.15) is 0 Å². The molecule has 0 spiro atoms. The van der Waals surface area contributed by atoms with E-state index in [1.165, 1.54) is 4.90 Å². The van der Waals surface area contributed by atoms with Crippen LogP contribution in [0.2, 0.25) is 0 Å². The first-order chi connectivity index (χ1) is 9.19. The van der Waals surface area contributed by atoms with Crippen molar-refractivity contribution in [3.05, 3.63) is 0 Å². The summed E-state index contributed by atoms with van der Waals surface area (Å²) >= 11 is 0. The lowest BCUT2D eigenvalue weighted by Gasteiger charge is -2.39. The van der Waals surface area contributed by atoms with Gasteiger partial charge in [0, 0.05) is 23.9 Å². The highest BCUT2D eigenvalue weighted by atomic mass is 16.6. The van der Waals surface area contributed by atoms with E-state index in [9.17, 15) is 25.2 Å². The van der Waals surface area contributed by atoms with Crippen molar-refractivity contribution in [1.29, 1.82) is 0 Å². The van der Waals surface area contributed by atoms with E-state index >= 15 is 0 Å². The highest BCUT2D eigenvalue weighted by Crippen LogP contribution is 2.45. The maximum absolute atomic E-state index is 12.1. The third-order valence-electron chi connectivity index (χ3n) is 3.97. The average Bonchev–Trinajstić information content (AvgIpc) is 2.72. The molecule has 1 heterocycles. The monoisotopic (exact) mass is 291 g/mol. The molecule has 1 rings (SSSR count). The van der Waals surface area contributed by atoms with Crippen LogP contribution in [0.3, 0.4) is 0 Å². The molecular weight excluding hydrogens is 266 g/mol. The van der Waals surface area contributed by atoms with Gasteiger partial charge in [-0.25, -0.2) is 4.79 Å². The van der Waals surface area contributed by atoms with E-state index in [2.05, 4.69) is 0 Å². The Labute approximate surface area is 118 Å². The number of nitrogens with zero attached hydrogens (tertiary/aromatic N) is 1. The van der Waals surface area contributed by atoms with Crippen molar-refractivity contribution in [1.82, 2.24) is 4.90 Å². The highest BCUT2D eigenvalue weighted by molar-refractivity contribution is 5.69. The summed E-state index contributed by atoms with van der Waals surface area (Å²) in [4.78, 5) is 13.4. The van der Waals surface area contributed by atoms with Crippen LogP contribution in [0.5, 0.6) is 0 Å². The maximum Gasteiger partial charge on any atom is 0.410 e. The second-order valence-electron chi connectivity index (χ2n) is 6.53. The first-order valence-electron chi connectivity index (χ1n) is 6.60. The molecule has 0 unspecified atom stereocenters. The molecule has 1 saturated heterocycles. The first-order valence-corrected chi connectivity index (χ1v) is 6.60. The molecule has 0 atom stereocenters. The van der Waals surface area contributed by atoms with Crippen molar-refractivity contribution in [3.63, 3.8) is 0 Å². The minimum atomic E-state index is -1.15. The summed E-state index contributed by atoms with van der Waals surface area (Å²) in [7, 11) is 0. The number of hydrogen-bond donors (Lipinski definition) is 4. The maximum atomic E-state index is 12.1. The van der Waals surface area contributed by atoms with E-state index in [0.29, 0.717) is 0 Å². The number of hydrogen-bond acceptors (Lipinski definition) is 6. The molecule has 4 N–H and O–H groups in total. The number of carbonyl (C=O) groups is 1. The standard InChI is InChI=1S/C13H25NO6/c1-11(2,3)20-10(19)14-4-12(6-15,7-16)13(5-14,8-17)9-18/h15-18H,4-9H2,1-3H3. The Morgan fingerprint density at radius 2 is 1.35 bits per heavy atom. The predicted molar refractivity (Wildman–Crippen MR) is 71.0 cm³/mol. The largest absolute Gasteiger partial charge is 0.444 e. The Kier molecular flexibility index (Phi) is 5.02. The first kappa shape index (κ1) is 17.2. The van der Waals surface area contributed by atoms with Crippen molar-refractivity contribution >= 4 is 6.09 Å². The summed E-state index contributed by atoms with van der Waals surface area (Å²) in [6, 6.07) is 0. The van der Waals surface area contributed by atoms with E-state index in [-0.39, 0.29) is 13.1 Å². The summed E-state index contributed by atoms with van der Waals surface area (Å²) in [5.41, 5.74) is -2.96. The van der Waals surface area contributed by atoms with Gasteiger partial charge in [-0.3, -0.25) is 0 Å². The van der Waals surface area contributed by atoms with E-state index in [0.717, 1.165) is 0 Å². The van der Waals surface area contributed by atoms with Gasteiger partial charge in [0.2, 0.25) is 0 Å². The van der Waals surface area contributed by atoms with Gasteiger partial charge in [0.1, 0.15) is 5.60 Å². The van der Waals surface area contributed by atoms with Crippen molar-refractivity contribution < 1.29 is 30.0 Å². The summed E-state index contributed by atoms with van der Waals surface area (Å²) in [6.07, 6.45) is -0.590. The van der Waals surface area contributed by atoms with Crippen molar-refractivity contribution in [3.8, 4) is 0 Å². The molecule has 0 bridgehead atoms. The van der Waals surface area contributed by atoms with Crippen LogP contribution in [0, 0.1) is 10.8 Å². The van der Waals surface area contributed by atoms with Gasteiger partial charge < -0.3 is 30.1 Å². The lowest BCUT2D eigenvalue weighted by molar-refractivity contribution is -0.0783. The normalized spacial score (nSPS) is 21.1. The number of rotatable bonds is 4. The molecule has 7 nitrogen and oxygen atoms in total. The van der Waals surface area contributed by atoms with Crippen LogP contribution < -0.4 is 0 Å². The Morgan fingerprint density at radius 3 is 1.60 bits per heavy atom. The van der Waals surface area contributed by atoms with E-state index in [1.807, 2.05) is 0 Å². The number of aliphatic hydroxyl groups excluding tert-OH is 4. The van der Waals surface area contributed by atoms with Gasteiger partial charge in [-0.15, -0.1) is 0 Å². The molecule has 0 saturated carbocycles. The number of likely N-dealkylation sites (tertiary alicyclic amines) is 1. The van der Waals surface area contributed by atoms with Crippen molar-refractivity contribution in [2.45, 2.75) is 26.4 Å². The van der Waals surface area contributed by atoms with Crippen molar-refractivity contribution in [2.24, 2.45) is 10.8 Å². The van der Waals surface area contributed by atoms with Crippen LogP contribution in [0.15, 0.2) is 0 Å². The molecule has 0 aliphatic carbocycles. The molecular formula is C13H25NO6. The van der Waals surface area contributed by atoms with Gasteiger partial charge in [-0.05, 0) is 20.8 Å². The third-order valence-corrected chi connectivity index (χ3v) is 3.97. The van der Waals surface area contributed by atoms with Crippen LogP contribution in [-0.2, 0) is 4.74 Å². The van der Waals surface area contributed by atoms with Crippen LogP contribution in [0.1, 0.15) is 20.8 Å². The summed E-state index contributed by atoms with van der Waals surface area (Å²) in [6.45, 7) is 3.49. The van der Waals surface area contributed by atoms with Crippen LogP contribution >= 0.6 is 0 Å². The second kappa shape index (κ2) is 5.85. The molecule has 1 fully saturated rings. The third kappa shape index (κ3) is 2.90.